The maximum Gasteiger partial charge on any atom is 0.165 e. The van der Waals surface area contributed by atoms with E-state index in [0.29, 0.717) is 19.8 Å². The average molecular weight is 285 g/mol. The molecule has 1 rings (SSSR count). The predicted octanol–water partition coefficient (Wildman–Crippen LogP) is 2.54. The van der Waals surface area contributed by atoms with Crippen molar-refractivity contribution in [2.45, 2.75) is 19.4 Å². The number of benzene rings is 1. The molecule has 0 heterocycles. The van der Waals surface area contributed by atoms with Crippen LogP contribution in [0.5, 0.6) is 5.75 Å². The van der Waals surface area contributed by atoms with Crippen LogP contribution in [0, 0.1) is 5.82 Å². The van der Waals surface area contributed by atoms with E-state index in [4.69, 9.17) is 14.2 Å². The van der Waals surface area contributed by atoms with Gasteiger partial charge in [0.2, 0.25) is 0 Å². The number of rotatable bonds is 10. The van der Waals surface area contributed by atoms with E-state index in [1.54, 1.807) is 13.2 Å². The van der Waals surface area contributed by atoms with Crippen LogP contribution in [0.4, 0.5) is 4.39 Å². The molecule has 1 aromatic rings. The number of ether oxygens (including phenoxy) is 3. The van der Waals surface area contributed by atoms with E-state index >= 15 is 0 Å². The first-order chi connectivity index (χ1) is 9.72. The quantitative estimate of drug-likeness (QED) is 0.671. The molecule has 4 nitrogen and oxygen atoms in total. The minimum atomic E-state index is -0.340. The lowest BCUT2D eigenvalue weighted by Crippen LogP contribution is -2.22. The van der Waals surface area contributed by atoms with Gasteiger partial charge in [-0.2, -0.15) is 0 Å². The molecule has 0 fully saturated rings. The van der Waals surface area contributed by atoms with Crippen molar-refractivity contribution in [3.8, 4) is 5.75 Å². The van der Waals surface area contributed by atoms with Crippen LogP contribution in [0.3, 0.4) is 0 Å². The highest BCUT2D eigenvalue weighted by Crippen LogP contribution is 2.23. The van der Waals surface area contributed by atoms with Gasteiger partial charge in [-0.15, -0.1) is 0 Å². The summed E-state index contributed by atoms with van der Waals surface area (Å²) in [7, 11) is 3.11. The van der Waals surface area contributed by atoms with Crippen LogP contribution < -0.4 is 10.1 Å². The molecule has 0 saturated heterocycles. The van der Waals surface area contributed by atoms with Crippen molar-refractivity contribution in [3.63, 3.8) is 0 Å². The zero-order chi connectivity index (χ0) is 14.8. The molecule has 0 aliphatic rings. The summed E-state index contributed by atoms with van der Waals surface area (Å²) in [5.74, 6) is -0.0754. The highest BCUT2D eigenvalue weighted by atomic mass is 19.1. The second-order valence-corrected chi connectivity index (χ2v) is 4.40. The topological polar surface area (TPSA) is 39.7 Å². The second kappa shape index (κ2) is 9.69. The van der Waals surface area contributed by atoms with Crippen LogP contribution in [-0.2, 0) is 9.47 Å². The molecule has 20 heavy (non-hydrogen) atoms. The lowest BCUT2D eigenvalue weighted by molar-refractivity contribution is 0.0658. The van der Waals surface area contributed by atoms with Crippen LogP contribution in [-0.4, -0.2) is 40.6 Å². The minimum absolute atomic E-state index is 0.0722. The fourth-order valence-corrected chi connectivity index (χ4v) is 1.98. The molecule has 0 amide bonds. The Kier molecular flexibility index (Phi) is 8.18. The van der Waals surface area contributed by atoms with E-state index in [1.165, 1.54) is 13.2 Å². The van der Waals surface area contributed by atoms with Crippen molar-refractivity contribution in [1.82, 2.24) is 5.32 Å². The van der Waals surface area contributed by atoms with Gasteiger partial charge < -0.3 is 19.5 Å². The van der Waals surface area contributed by atoms with Crippen molar-refractivity contribution in [2.24, 2.45) is 0 Å². The molecule has 0 radical (unpaired) electrons. The Balaban J connectivity index is 2.58. The summed E-state index contributed by atoms with van der Waals surface area (Å²) >= 11 is 0. The molecule has 5 heteroatoms. The molecule has 1 atom stereocenters. The number of hydrogen-bond acceptors (Lipinski definition) is 4. The van der Waals surface area contributed by atoms with Crippen molar-refractivity contribution in [2.75, 3.05) is 40.6 Å². The molecule has 0 bridgehead atoms. The minimum Gasteiger partial charge on any atom is -0.494 e. The fraction of sp³-hybridized carbons (Fsp3) is 0.600. The van der Waals surface area contributed by atoms with E-state index < -0.39 is 0 Å². The molecule has 0 aromatic heterocycles. The molecule has 1 N–H and O–H groups in total. The van der Waals surface area contributed by atoms with Gasteiger partial charge in [0.1, 0.15) is 0 Å². The van der Waals surface area contributed by atoms with Crippen LogP contribution in [0.1, 0.15) is 24.9 Å². The molecule has 0 saturated carbocycles. The molecular formula is C15H24FNO3. The largest absolute Gasteiger partial charge is 0.494 e. The number of hydrogen-bond donors (Lipinski definition) is 1. The van der Waals surface area contributed by atoms with E-state index in [1.807, 2.05) is 13.0 Å². The SMILES string of the molecule is CCNC(CCOCCOC)c1ccc(OC)c(F)c1. The summed E-state index contributed by atoms with van der Waals surface area (Å²) in [5, 5.41) is 3.34. The molecule has 114 valence electrons. The van der Waals surface area contributed by atoms with Crippen LogP contribution in [0.2, 0.25) is 0 Å². The van der Waals surface area contributed by atoms with Gasteiger partial charge in [0.05, 0.1) is 20.3 Å². The lowest BCUT2D eigenvalue weighted by Gasteiger charge is -2.19. The number of nitrogens with one attached hydrogen (secondary N) is 1. The van der Waals surface area contributed by atoms with Gasteiger partial charge in [-0.1, -0.05) is 13.0 Å². The Labute approximate surface area is 120 Å². The molecule has 0 aliphatic heterocycles. The van der Waals surface area contributed by atoms with Gasteiger partial charge in [-0.05, 0) is 30.7 Å². The summed E-state index contributed by atoms with van der Waals surface area (Å²) in [6.07, 6.45) is 0.781. The predicted molar refractivity (Wildman–Crippen MR) is 76.7 cm³/mol. The fourth-order valence-electron chi connectivity index (χ4n) is 1.98. The van der Waals surface area contributed by atoms with Gasteiger partial charge in [0.15, 0.2) is 11.6 Å². The van der Waals surface area contributed by atoms with E-state index in [9.17, 15) is 4.39 Å². The van der Waals surface area contributed by atoms with Crippen LogP contribution in [0.15, 0.2) is 18.2 Å². The van der Waals surface area contributed by atoms with Gasteiger partial charge in [-0.25, -0.2) is 4.39 Å². The highest BCUT2D eigenvalue weighted by Gasteiger charge is 2.13. The maximum atomic E-state index is 13.7. The van der Waals surface area contributed by atoms with Gasteiger partial charge >= 0.3 is 0 Å². The van der Waals surface area contributed by atoms with Crippen LogP contribution >= 0.6 is 0 Å². The Bertz CT molecular complexity index is 387. The first kappa shape index (κ1) is 16.9. The van der Waals surface area contributed by atoms with Crippen molar-refractivity contribution >= 4 is 0 Å². The van der Waals surface area contributed by atoms with Gasteiger partial charge in [-0.3, -0.25) is 0 Å². The smallest absolute Gasteiger partial charge is 0.165 e. The Morgan fingerprint density at radius 2 is 2.00 bits per heavy atom. The zero-order valence-electron chi connectivity index (χ0n) is 12.4. The summed E-state index contributed by atoms with van der Waals surface area (Å²) < 4.78 is 29.1. The summed E-state index contributed by atoms with van der Waals surface area (Å²) in [5.41, 5.74) is 0.903. The van der Waals surface area contributed by atoms with Crippen LogP contribution in [0.25, 0.3) is 0 Å². The third-order valence-corrected chi connectivity index (χ3v) is 3.01. The van der Waals surface area contributed by atoms with E-state index in [0.717, 1.165) is 18.5 Å². The van der Waals surface area contributed by atoms with Crippen molar-refractivity contribution in [3.05, 3.63) is 29.6 Å². The Hall–Kier alpha value is -1.17. The normalized spacial score (nSPS) is 12.4. The first-order valence-corrected chi connectivity index (χ1v) is 6.86. The zero-order valence-corrected chi connectivity index (χ0v) is 12.4. The summed E-state index contributed by atoms with van der Waals surface area (Å²) in [6, 6.07) is 5.12. The third-order valence-electron chi connectivity index (χ3n) is 3.01. The maximum absolute atomic E-state index is 13.7. The van der Waals surface area contributed by atoms with Crippen molar-refractivity contribution < 1.29 is 18.6 Å². The monoisotopic (exact) mass is 285 g/mol. The standard InChI is InChI=1S/C15H24FNO3/c1-4-17-14(7-8-20-10-9-18-2)12-5-6-15(19-3)13(16)11-12/h5-6,11,14,17H,4,7-10H2,1-3H3. The average Bonchev–Trinajstić information content (AvgIpc) is 2.46. The molecular weight excluding hydrogens is 261 g/mol. The Morgan fingerprint density at radius 3 is 2.60 bits per heavy atom. The summed E-state index contributed by atoms with van der Waals surface area (Å²) in [4.78, 5) is 0. The Morgan fingerprint density at radius 1 is 1.20 bits per heavy atom. The van der Waals surface area contributed by atoms with E-state index in [2.05, 4.69) is 5.32 Å². The molecule has 1 aromatic carbocycles. The molecule has 1 unspecified atom stereocenters. The van der Waals surface area contributed by atoms with Gasteiger partial charge in [0, 0.05) is 19.8 Å². The number of methoxy groups -OCH3 is 2. The number of halogens is 1. The second-order valence-electron chi connectivity index (χ2n) is 4.40. The molecule has 0 aliphatic carbocycles. The third kappa shape index (κ3) is 5.45. The summed E-state index contributed by atoms with van der Waals surface area (Å²) in [6.45, 7) is 4.61. The first-order valence-electron chi connectivity index (χ1n) is 6.86. The molecule has 0 spiro atoms. The van der Waals surface area contributed by atoms with Gasteiger partial charge in [0.25, 0.3) is 0 Å². The van der Waals surface area contributed by atoms with E-state index in [-0.39, 0.29) is 17.6 Å². The highest BCUT2D eigenvalue weighted by molar-refractivity contribution is 5.31. The lowest BCUT2D eigenvalue weighted by atomic mass is 10.0. The van der Waals surface area contributed by atoms with Crippen molar-refractivity contribution in [1.29, 1.82) is 0 Å².